The molecule has 0 saturated carbocycles. The van der Waals surface area contributed by atoms with E-state index in [1.807, 2.05) is 24.3 Å². The van der Waals surface area contributed by atoms with Gasteiger partial charge in [-0.15, -0.1) is 0 Å². The largest absolute Gasteiger partial charge is 0.437 e. The molecule has 34 heavy (non-hydrogen) atoms. The van der Waals surface area contributed by atoms with Gasteiger partial charge in [0.25, 0.3) is 5.91 Å². The summed E-state index contributed by atoms with van der Waals surface area (Å²) < 4.78 is 6.27. The van der Waals surface area contributed by atoms with Crippen LogP contribution < -0.4 is 15.4 Å². The lowest BCUT2D eigenvalue weighted by atomic mass is 9.93. The molecule has 0 unspecified atom stereocenters. The maximum absolute atomic E-state index is 12.4. The zero-order chi connectivity index (χ0) is 24.1. The predicted molar refractivity (Wildman–Crippen MR) is 139 cm³/mol. The van der Waals surface area contributed by atoms with E-state index >= 15 is 0 Å². The van der Waals surface area contributed by atoms with Crippen molar-refractivity contribution in [2.75, 3.05) is 18.4 Å². The molecule has 2 N–H and O–H groups in total. The van der Waals surface area contributed by atoms with Crippen molar-refractivity contribution in [3.8, 4) is 11.6 Å². The van der Waals surface area contributed by atoms with Crippen molar-refractivity contribution in [1.82, 2.24) is 15.2 Å². The zero-order valence-corrected chi connectivity index (χ0v) is 20.6. The number of nitrogens with zero attached hydrogens (tertiary/aromatic N) is 2. The molecule has 0 bridgehead atoms. The van der Waals surface area contributed by atoms with E-state index < -0.39 is 0 Å². The topological polar surface area (TPSA) is 66.5 Å². The molecule has 1 aliphatic heterocycles. The molecule has 0 atom stereocenters. The smallest absolute Gasteiger partial charge is 0.257 e. The van der Waals surface area contributed by atoms with Crippen molar-refractivity contribution < 1.29 is 9.53 Å². The fourth-order valence-electron chi connectivity index (χ4n) is 4.12. The molecule has 1 aromatic heterocycles. The Morgan fingerprint density at radius 3 is 2.65 bits per heavy atom. The van der Waals surface area contributed by atoms with Crippen LogP contribution in [0.25, 0.3) is 0 Å². The normalized spacial score (nSPS) is 13.6. The summed E-state index contributed by atoms with van der Waals surface area (Å²) in [6, 6.07) is 18.7. The Bertz CT molecular complexity index is 1170. The minimum Gasteiger partial charge on any atom is -0.437 e. The van der Waals surface area contributed by atoms with Gasteiger partial charge in [0, 0.05) is 37.0 Å². The molecule has 0 aliphatic carbocycles. The van der Waals surface area contributed by atoms with E-state index in [0.29, 0.717) is 17.1 Å². The number of carbonyl (C=O) groups is 1. The first-order valence-corrected chi connectivity index (χ1v) is 11.8. The lowest BCUT2D eigenvalue weighted by molar-refractivity contribution is 0.0977. The number of benzene rings is 2. The molecule has 2 heterocycles. The number of rotatable bonds is 5. The number of amides is 1. The summed E-state index contributed by atoms with van der Waals surface area (Å²) >= 11 is 5.36. The first-order chi connectivity index (χ1) is 16.3. The van der Waals surface area contributed by atoms with Gasteiger partial charge in [-0.05, 0) is 59.9 Å². The van der Waals surface area contributed by atoms with Crippen LogP contribution in [-0.2, 0) is 13.0 Å². The summed E-state index contributed by atoms with van der Waals surface area (Å²) in [5.74, 6) is 0.930. The fourth-order valence-corrected chi connectivity index (χ4v) is 4.33. The van der Waals surface area contributed by atoms with Crippen LogP contribution in [0.3, 0.4) is 0 Å². The molecule has 0 fully saturated rings. The highest BCUT2D eigenvalue weighted by molar-refractivity contribution is 7.80. The maximum Gasteiger partial charge on any atom is 0.257 e. The highest BCUT2D eigenvalue weighted by atomic mass is 32.1. The van der Waals surface area contributed by atoms with Crippen molar-refractivity contribution in [1.29, 1.82) is 0 Å². The third-order valence-corrected chi connectivity index (χ3v) is 5.69. The van der Waals surface area contributed by atoms with Crippen LogP contribution in [0.1, 0.15) is 42.3 Å². The molecule has 0 saturated heterocycles. The number of ether oxygens (including phenoxy) is 1. The average molecular weight is 475 g/mol. The molecular formula is C27H30N4O2S. The maximum atomic E-state index is 12.4. The number of hydrogen-bond donors (Lipinski definition) is 2. The third-order valence-electron chi connectivity index (χ3n) is 5.49. The summed E-state index contributed by atoms with van der Waals surface area (Å²) in [6.45, 7) is 9.76. The summed E-state index contributed by atoms with van der Waals surface area (Å²) in [5.41, 5.74) is 3.87. The Balaban J connectivity index is 1.46. The van der Waals surface area contributed by atoms with Crippen LogP contribution in [-0.4, -0.2) is 34.0 Å². The van der Waals surface area contributed by atoms with E-state index in [4.69, 9.17) is 17.0 Å². The van der Waals surface area contributed by atoms with Crippen molar-refractivity contribution >= 4 is 28.9 Å². The number of anilines is 1. The molecule has 1 aliphatic rings. The number of nitrogens with one attached hydrogen (secondary N) is 2. The van der Waals surface area contributed by atoms with E-state index in [1.165, 1.54) is 11.1 Å². The summed E-state index contributed by atoms with van der Waals surface area (Å²) in [6.07, 6.45) is 2.59. The van der Waals surface area contributed by atoms with E-state index in [0.717, 1.165) is 31.8 Å². The Morgan fingerprint density at radius 1 is 1.09 bits per heavy atom. The van der Waals surface area contributed by atoms with Gasteiger partial charge in [-0.3, -0.25) is 15.0 Å². The van der Waals surface area contributed by atoms with E-state index in [-0.39, 0.29) is 16.4 Å². The van der Waals surface area contributed by atoms with E-state index in [9.17, 15) is 4.79 Å². The molecule has 0 spiro atoms. The molecule has 6 nitrogen and oxygen atoms in total. The van der Waals surface area contributed by atoms with Gasteiger partial charge >= 0.3 is 0 Å². The van der Waals surface area contributed by atoms with Crippen LogP contribution in [0.15, 0.2) is 66.9 Å². The van der Waals surface area contributed by atoms with Gasteiger partial charge < -0.3 is 10.1 Å². The number of carbonyl (C=O) groups excluding carboxylic acids is 1. The van der Waals surface area contributed by atoms with Gasteiger partial charge in [-0.1, -0.05) is 51.1 Å². The van der Waals surface area contributed by atoms with Crippen LogP contribution in [0.5, 0.6) is 11.6 Å². The van der Waals surface area contributed by atoms with E-state index in [1.54, 1.807) is 36.5 Å². The Labute approximate surface area is 206 Å². The predicted octanol–water partition coefficient (Wildman–Crippen LogP) is 5.40. The SMILES string of the molecule is CC(C)(C)CN1CCc2c(cccc2Oc2ncccc2NC(=S)NC(=O)c2ccccc2)C1. The highest BCUT2D eigenvalue weighted by Gasteiger charge is 2.24. The van der Waals surface area contributed by atoms with Crippen LogP contribution >= 0.6 is 12.2 Å². The molecular weight excluding hydrogens is 444 g/mol. The van der Waals surface area contributed by atoms with Gasteiger partial charge in [-0.25, -0.2) is 4.98 Å². The lowest BCUT2D eigenvalue weighted by Gasteiger charge is -2.34. The number of thiocarbonyl (C=S) groups is 1. The second kappa shape index (κ2) is 10.3. The number of aromatic nitrogens is 1. The summed E-state index contributed by atoms with van der Waals surface area (Å²) in [5, 5.41) is 5.93. The van der Waals surface area contributed by atoms with Gasteiger partial charge in [0.05, 0.1) is 0 Å². The zero-order valence-electron chi connectivity index (χ0n) is 19.8. The minimum atomic E-state index is -0.276. The number of pyridine rings is 1. The second-order valence-electron chi connectivity index (χ2n) is 9.65. The Morgan fingerprint density at radius 2 is 1.88 bits per heavy atom. The van der Waals surface area contributed by atoms with Gasteiger partial charge in [0.1, 0.15) is 11.4 Å². The standard InChI is InChI=1S/C27H30N4O2S/c1-27(2,3)18-31-16-14-21-20(17-31)11-7-13-23(21)33-25-22(12-8-15-28-25)29-26(34)30-24(32)19-9-5-4-6-10-19/h4-13,15H,14,16-18H2,1-3H3,(H2,29,30,32,34). The van der Waals surface area contributed by atoms with Crippen LogP contribution in [0.4, 0.5) is 5.69 Å². The van der Waals surface area contributed by atoms with Gasteiger partial charge in [0.2, 0.25) is 5.88 Å². The minimum absolute atomic E-state index is 0.180. The molecule has 2 aromatic carbocycles. The number of fused-ring (bicyclic) bond motifs is 1. The van der Waals surface area contributed by atoms with Gasteiger partial charge in [-0.2, -0.15) is 0 Å². The van der Waals surface area contributed by atoms with Crippen molar-refractivity contribution in [2.45, 2.75) is 33.7 Å². The van der Waals surface area contributed by atoms with Crippen molar-refractivity contribution in [3.63, 3.8) is 0 Å². The average Bonchev–Trinajstić information content (AvgIpc) is 2.80. The highest BCUT2D eigenvalue weighted by Crippen LogP contribution is 2.34. The third kappa shape index (κ3) is 6.18. The molecule has 176 valence electrons. The molecule has 4 rings (SSSR count). The monoisotopic (exact) mass is 474 g/mol. The van der Waals surface area contributed by atoms with E-state index in [2.05, 4.69) is 47.4 Å². The Hall–Kier alpha value is -3.29. The molecule has 0 radical (unpaired) electrons. The summed E-state index contributed by atoms with van der Waals surface area (Å²) in [4.78, 5) is 19.3. The van der Waals surface area contributed by atoms with Gasteiger partial charge in [0.15, 0.2) is 5.11 Å². The quantitative estimate of drug-likeness (QED) is 0.483. The Kier molecular flexibility index (Phi) is 7.24. The first-order valence-electron chi connectivity index (χ1n) is 11.4. The van der Waals surface area contributed by atoms with Crippen molar-refractivity contribution in [2.24, 2.45) is 5.41 Å². The van der Waals surface area contributed by atoms with Crippen LogP contribution in [0.2, 0.25) is 0 Å². The molecule has 3 aromatic rings. The lowest BCUT2D eigenvalue weighted by Crippen LogP contribution is -2.36. The first kappa shape index (κ1) is 23.9. The fraction of sp³-hybridized carbons (Fsp3) is 0.296. The second-order valence-corrected chi connectivity index (χ2v) is 10.1. The molecule has 1 amide bonds. The van der Waals surface area contributed by atoms with Crippen molar-refractivity contribution in [3.05, 3.63) is 83.6 Å². The summed E-state index contributed by atoms with van der Waals surface area (Å²) in [7, 11) is 0. The van der Waals surface area contributed by atoms with Crippen LogP contribution in [0, 0.1) is 5.41 Å². The number of hydrogen-bond acceptors (Lipinski definition) is 5. The molecule has 7 heteroatoms.